The van der Waals surface area contributed by atoms with Crippen molar-refractivity contribution in [3.63, 3.8) is 0 Å². The van der Waals surface area contributed by atoms with Gasteiger partial charge in [-0.1, -0.05) is 18.2 Å². The van der Waals surface area contributed by atoms with E-state index in [0.717, 1.165) is 11.1 Å². The number of carbonyl (C=O) groups is 1. The molecule has 8 heteroatoms. The van der Waals surface area contributed by atoms with Crippen molar-refractivity contribution in [2.75, 3.05) is 16.4 Å². The van der Waals surface area contributed by atoms with Crippen LogP contribution in [0.4, 0.5) is 21.6 Å². The summed E-state index contributed by atoms with van der Waals surface area (Å²) in [7, 11) is 0. The molecular formula is C26H20FN5O2. The largest absolute Gasteiger partial charge is 0.464 e. The van der Waals surface area contributed by atoms with Gasteiger partial charge < -0.3 is 20.8 Å². The number of fused-ring (bicyclic) bond motifs is 1. The van der Waals surface area contributed by atoms with Crippen LogP contribution in [0, 0.1) is 5.82 Å². The summed E-state index contributed by atoms with van der Waals surface area (Å²) in [5, 5.41) is 6.67. The number of rotatable bonds is 6. The van der Waals surface area contributed by atoms with E-state index in [1.54, 1.807) is 48.7 Å². The molecule has 0 saturated carbocycles. The molecule has 0 bridgehead atoms. The van der Waals surface area contributed by atoms with E-state index in [4.69, 9.17) is 10.2 Å². The number of hydrogen-bond acceptors (Lipinski definition) is 6. The van der Waals surface area contributed by atoms with E-state index >= 15 is 0 Å². The highest BCUT2D eigenvalue weighted by Gasteiger charge is 2.11. The van der Waals surface area contributed by atoms with Gasteiger partial charge in [0.1, 0.15) is 29.2 Å². The van der Waals surface area contributed by atoms with Gasteiger partial charge in [-0.2, -0.15) is 0 Å². The van der Waals surface area contributed by atoms with Crippen LogP contribution in [-0.2, 0) is 6.54 Å². The molecule has 5 aromatic rings. The second kappa shape index (κ2) is 9.03. The van der Waals surface area contributed by atoms with Gasteiger partial charge >= 0.3 is 0 Å². The molecule has 0 aliphatic heterocycles. The maximum Gasteiger partial charge on any atom is 0.255 e. The Kier molecular flexibility index (Phi) is 5.61. The van der Waals surface area contributed by atoms with Crippen molar-refractivity contribution in [1.82, 2.24) is 9.97 Å². The van der Waals surface area contributed by atoms with Gasteiger partial charge in [0.05, 0.1) is 17.6 Å². The second-order valence-electron chi connectivity index (χ2n) is 7.64. The Morgan fingerprint density at radius 1 is 1.00 bits per heavy atom. The summed E-state index contributed by atoms with van der Waals surface area (Å²) in [6.07, 6.45) is 2.92. The molecule has 0 spiro atoms. The molecule has 168 valence electrons. The third-order valence-electron chi connectivity index (χ3n) is 5.40. The van der Waals surface area contributed by atoms with Crippen molar-refractivity contribution in [3.8, 4) is 11.3 Å². The third-order valence-corrected chi connectivity index (χ3v) is 5.40. The van der Waals surface area contributed by atoms with E-state index in [1.165, 1.54) is 12.4 Å². The van der Waals surface area contributed by atoms with Crippen LogP contribution >= 0.6 is 0 Å². The zero-order valence-electron chi connectivity index (χ0n) is 18.0. The first kappa shape index (κ1) is 21.1. The minimum Gasteiger partial charge on any atom is -0.464 e. The van der Waals surface area contributed by atoms with E-state index in [-0.39, 0.29) is 11.4 Å². The normalized spacial score (nSPS) is 10.9. The van der Waals surface area contributed by atoms with E-state index in [9.17, 15) is 9.18 Å². The number of aromatic nitrogens is 2. The lowest BCUT2D eigenvalue weighted by Gasteiger charge is -2.11. The van der Waals surface area contributed by atoms with Gasteiger partial charge in [0.25, 0.3) is 5.91 Å². The lowest BCUT2D eigenvalue weighted by Crippen LogP contribution is -2.13. The molecule has 3 aromatic carbocycles. The van der Waals surface area contributed by atoms with E-state index in [0.29, 0.717) is 40.4 Å². The molecule has 1 amide bonds. The predicted octanol–water partition coefficient (Wildman–Crippen LogP) is 5.48. The molecular weight excluding hydrogens is 433 g/mol. The van der Waals surface area contributed by atoms with Crippen LogP contribution in [0.15, 0.2) is 89.8 Å². The number of furan rings is 1. The number of benzene rings is 3. The minimum absolute atomic E-state index is 0.266. The smallest absolute Gasteiger partial charge is 0.255 e. The van der Waals surface area contributed by atoms with Crippen LogP contribution < -0.4 is 16.4 Å². The number of nitrogens with two attached hydrogens (primary N) is 1. The number of carbonyl (C=O) groups excluding carboxylic acids is 1. The van der Waals surface area contributed by atoms with Gasteiger partial charge in [-0.25, -0.2) is 14.4 Å². The minimum atomic E-state index is -0.395. The SMILES string of the molecule is Nc1ccc(-c2ccco2)cc1NC(=O)c1ccc(CNc2ncnc3c(F)cccc23)cc1. The number of amides is 1. The highest BCUT2D eigenvalue weighted by atomic mass is 19.1. The van der Waals surface area contributed by atoms with E-state index < -0.39 is 5.82 Å². The zero-order chi connectivity index (χ0) is 23.5. The van der Waals surface area contributed by atoms with Gasteiger partial charge in [0.15, 0.2) is 0 Å². The Hall–Kier alpha value is -4.72. The molecule has 2 aromatic heterocycles. The van der Waals surface area contributed by atoms with Gasteiger partial charge in [-0.05, 0) is 60.2 Å². The Labute approximate surface area is 194 Å². The number of para-hydroxylation sites is 1. The summed E-state index contributed by atoms with van der Waals surface area (Å²) in [4.78, 5) is 21.0. The molecule has 2 heterocycles. The number of nitrogens with one attached hydrogen (secondary N) is 2. The fourth-order valence-corrected chi connectivity index (χ4v) is 3.61. The summed E-state index contributed by atoms with van der Waals surface area (Å²) in [5.41, 5.74) is 9.51. The molecule has 0 atom stereocenters. The van der Waals surface area contributed by atoms with E-state index in [2.05, 4.69) is 20.6 Å². The maximum absolute atomic E-state index is 14.0. The van der Waals surface area contributed by atoms with Gasteiger partial charge in [0, 0.05) is 23.1 Å². The first-order chi connectivity index (χ1) is 16.6. The van der Waals surface area contributed by atoms with Gasteiger partial charge in [0.2, 0.25) is 0 Å². The Balaban J connectivity index is 1.27. The second-order valence-corrected chi connectivity index (χ2v) is 7.64. The van der Waals surface area contributed by atoms with Crippen molar-refractivity contribution >= 4 is 34.0 Å². The molecule has 0 saturated heterocycles. The Bertz CT molecular complexity index is 1470. The first-order valence-corrected chi connectivity index (χ1v) is 10.6. The van der Waals surface area contributed by atoms with Crippen LogP contribution in [0.2, 0.25) is 0 Å². The number of nitrogens with zero attached hydrogens (tertiary/aromatic N) is 2. The molecule has 7 nitrogen and oxygen atoms in total. The van der Waals surface area contributed by atoms with Crippen molar-refractivity contribution in [2.24, 2.45) is 0 Å². The number of anilines is 3. The van der Waals surface area contributed by atoms with E-state index in [1.807, 2.05) is 24.3 Å². The zero-order valence-corrected chi connectivity index (χ0v) is 18.0. The van der Waals surface area contributed by atoms with Crippen molar-refractivity contribution in [1.29, 1.82) is 0 Å². The van der Waals surface area contributed by atoms with Gasteiger partial charge in [-0.3, -0.25) is 4.79 Å². The molecule has 0 aliphatic carbocycles. The highest BCUT2D eigenvalue weighted by molar-refractivity contribution is 6.06. The lowest BCUT2D eigenvalue weighted by atomic mass is 10.1. The average molecular weight is 453 g/mol. The fourth-order valence-electron chi connectivity index (χ4n) is 3.61. The molecule has 4 N–H and O–H groups in total. The Morgan fingerprint density at radius 2 is 1.85 bits per heavy atom. The highest BCUT2D eigenvalue weighted by Crippen LogP contribution is 2.28. The monoisotopic (exact) mass is 453 g/mol. The fraction of sp³-hybridized carbons (Fsp3) is 0.0385. The molecule has 0 aliphatic rings. The van der Waals surface area contributed by atoms with Crippen LogP contribution in [-0.4, -0.2) is 15.9 Å². The number of hydrogen-bond donors (Lipinski definition) is 3. The van der Waals surface area contributed by atoms with Crippen molar-refractivity contribution in [3.05, 3.63) is 102 Å². The molecule has 0 fully saturated rings. The molecule has 0 radical (unpaired) electrons. The maximum atomic E-state index is 14.0. The number of nitrogen functional groups attached to an aromatic ring is 1. The molecule has 5 rings (SSSR count). The van der Waals surface area contributed by atoms with Crippen LogP contribution in [0.3, 0.4) is 0 Å². The summed E-state index contributed by atoms with van der Waals surface area (Å²) < 4.78 is 19.4. The van der Waals surface area contributed by atoms with Crippen LogP contribution in [0.25, 0.3) is 22.2 Å². The van der Waals surface area contributed by atoms with Gasteiger partial charge in [-0.15, -0.1) is 0 Å². The molecule has 0 unspecified atom stereocenters. The van der Waals surface area contributed by atoms with Crippen LogP contribution in [0.5, 0.6) is 0 Å². The van der Waals surface area contributed by atoms with Crippen molar-refractivity contribution < 1.29 is 13.6 Å². The standard InChI is InChI=1S/C26H20FN5O2/c27-20-4-1-3-19-24(20)30-15-31-25(19)29-14-16-6-8-17(9-7-16)26(33)32-22-13-18(10-11-21(22)28)23-5-2-12-34-23/h1-13,15H,14,28H2,(H,32,33)(H,29,30,31). The topological polar surface area (TPSA) is 106 Å². The predicted molar refractivity (Wildman–Crippen MR) is 130 cm³/mol. The first-order valence-electron chi connectivity index (χ1n) is 10.6. The van der Waals surface area contributed by atoms with Crippen molar-refractivity contribution in [2.45, 2.75) is 6.54 Å². The lowest BCUT2D eigenvalue weighted by molar-refractivity contribution is 0.102. The quantitative estimate of drug-likeness (QED) is 0.294. The summed E-state index contributed by atoms with van der Waals surface area (Å²) in [6.45, 7) is 0.447. The Morgan fingerprint density at radius 3 is 2.65 bits per heavy atom. The number of halogens is 1. The summed E-state index contributed by atoms with van der Waals surface area (Å²) >= 11 is 0. The summed E-state index contributed by atoms with van der Waals surface area (Å²) in [5.74, 6) is 0.554. The molecule has 34 heavy (non-hydrogen) atoms. The van der Waals surface area contributed by atoms with Crippen LogP contribution in [0.1, 0.15) is 15.9 Å². The summed E-state index contributed by atoms with van der Waals surface area (Å²) in [6, 6.07) is 20.9. The third kappa shape index (κ3) is 4.29. The average Bonchev–Trinajstić information content (AvgIpc) is 3.40.